The summed E-state index contributed by atoms with van der Waals surface area (Å²) in [6.07, 6.45) is 1.15. The maximum absolute atomic E-state index is 4.11. The SMILES string of the molecule is c1ccc2c(c1)CCN(Cc1ccc(-c3csnn3)cc1)C2. The van der Waals surface area contributed by atoms with Gasteiger partial charge in [-0.2, -0.15) is 0 Å². The maximum Gasteiger partial charge on any atom is 0.105 e. The molecule has 0 saturated heterocycles. The van der Waals surface area contributed by atoms with Crippen LogP contribution in [0.1, 0.15) is 16.7 Å². The van der Waals surface area contributed by atoms with Gasteiger partial charge in [0.1, 0.15) is 5.69 Å². The summed E-state index contributed by atoms with van der Waals surface area (Å²) in [7, 11) is 0. The second kappa shape index (κ2) is 5.99. The molecular formula is C18H17N3S. The minimum atomic E-state index is 0.962. The number of benzene rings is 2. The molecule has 0 saturated carbocycles. The first-order chi connectivity index (χ1) is 10.9. The Morgan fingerprint density at radius 1 is 1.00 bits per heavy atom. The second-order valence-corrected chi connectivity index (χ2v) is 6.33. The van der Waals surface area contributed by atoms with Gasteiger partial charge in [-0.15, -0.1) is 5.10 Å². The lowest BCUT2D eigenvalue weighted by Gasteiger charge is -2.28. The van der Waals surface area contributed by atoms with Crippen molar-refractivity contribution in [2.45, 2.75) is 19.5 Å². The van der Waals surface area contributed by atoms with Crippen LogP contribution < -0.4 is 0 Å². The number of hydrogen-bond donors (Lipinski definition) is 0. The van der Waals surface area contributed by atoms with Gasteiger partial charge in [0.15, 0.2) is 0 Å². The molecule has 0 unspecified atom stereocenters. The molecule has 0 radical (unpaired) electrons. The maximum atomic E-state index is 4.11. The van der Waals surface area contributed by atoms with E-state index < -0.39 is 0 Å². The Kier molecular flexibility index (Phi) is 3.70. The molecule has 0 aliphatic carbocycles. The molecule has 0 bridgehead atoms. The van der Waals surface area contributed by atoms with Crippen LogP contribution in [0, 0.1) is 0 Å². The zero-order valence-corrected chi connectivity index (χ0v) is 13.1. The van der Waals surface area contributed by atoms with Crippen LogP contribution in [0.3, 0.4) is 0 Å². The molecule has 3 aromatic rings. The normalized spacial score (nSPS) is 14.7. The lowest BCUT2D eigenvalue weighted by Crippen LogP contribution is -2.29. The first-order valence-corrected chi connectivity index (χ1v) is 8.38. The highest BCUT2D eigenvalue weighted by Crippen LogP contribution is 2.22. The third kappa shape index (κ3) is 2.80. The van der Waals surface area contributed by atoms with Crippen molar-refractivity contribution in [3.63, 3.8) is 0 Å². The third-order valence-corrected chi connectivity index (χ3v) is 4.73. The summed E-state index contributed by atoms with van der Waals surface area (Å²) in [6.45, 7) is 3.19. The van der Waals surface area contributed by atoms with Crippen LogP contribution in [0.5, 0.6) is 0 Å². The number of nitrogens with zero attached hydrogens (tertiary/aromatic N) is 3. The van der Waals surface area contributed by atoms with E-state index in [2.05, 4.69) is 63.0 Å². The molecule has 3 nitrogen and oxygen atoms in total. The summed E-state index contributed by atoms with van der Waals surface area (Å²) >= 11 is 1.39. The van der Waals surface area contributed by atoms with E-state index in [-0.39, 0.29) is 0 Å². The lowest BCUT2D eigenvalue weighted by molar-refractivity contribution is 0.245. The number of rotatable bonds is 3. The highest BCUT2D eigenvalue weighted by atomic mass is 32.1. The minimum Gasteiger partial charge on any atom is -0.294 e. The van der Waals surface area contributed by atoms with Crippen molar-refractivity contribution in [2.75, 3.05) is 6.54 Å². The van der Waals surface area contributed by atoms with E-state index in [1.165, 1.54) is 28.2 Å². The molecule has 0 amide bonds. The molecular weight excluding hydrogens is 290 g/mol. The highest BCUT2D eigenvalue weighted by molar-refractivity contribution is 7.03. The van der Waals surface area contributed by atoms with Gasteiger partial charge in [0, 0.05) is 30.6 Å². The Morgan fingerprint density at radius 2 is 1.82 bits per heavy atom. The zero-order chi connectivity index (χ0) is 14.8. The van der Waals surface area contributed by atoms with Crippen LogP contribution in [-0.4, -0.2) is 21.0 Å². The fourth-order valence-electron chi connectivity index (χ4n) is 3.02. The smallest absolute Gasteiger partial charge is 0.105 e. The van der Waals surface area contributed by atoms with Crippen molar-refractivity contribution in [1.29, 1.82) is 0 Å². The van der Waals surface area contributed by atoms with Crippen molar-refractivity contribution >= 4 is 11.5 Å². The van der Waals surface area contributed by atoms with Gasteiger partial charge in [-0.25, -0.2) is 0 Å². The van der Waals surface area contributed by atoms with Crippen molar-refractivity contribution in [3.05, 3.63) is 70.6 Å². The van der Waals surface area contributed by atoms with Crippen molar-refractivity contribution in [2.24, 2.45) is 0 Å². The molecule has 4 heteroatoms. The molecule has 2 aromatic carbocycles. The number of hydrogen-bond acceptors (Lipinski definition) is 4. The van der Waals surface area contributed by atoms with Crippen LogP contribution in [0.15, 0.2) is 53.9 Å². The monoisotopic (exact) mass is 307 g/mol. The predicted molar refractivity (Wildman–Crippen MR) is 89.6 cm³/mol. The van der Waals surface area contributed by atoms with Crippen molar-refractivity contribution < 1.29 is 0 Å². The molecule has 22 heavy (non-hydrogen) atoms. The first kappa shape index (κ1) is 13.6. The van der Waals surface area contributed by atoms with Gasteiger partial charge in [0.2, 0.25) is 0 Å². The largest absolute Gasteiger partial charge is 0.294 e. The van der Waals surface area contributed by atoms with Gasteiger partial charge in [-0.3, -0.25) is 4.90 Å². The van der Waals surface area contributed by atoms with Gasteiger partial charge in [-0.1, -0.05) is 53.0 Å². The molecule has 110 valence electrons. The van der Waals surface area contributed by atoms with Crippen LogP contribution in [0.2, 0.25) is 0 Å². The van der Waals surface area contributed by atoms with E-state index in [0.717, 1.165) is 37.3 Å². The average Bonchev–Trinajstić information content (AvgIpc) is 3.10. The van der Waals surface area contributed by atoms with Gasteiger partial charge in [0.05, 0.1) is 0 Å². The highest BCUT2D eigenvalue weighted by Gasteiger charge is 2.15. The molecule has 1 aliphatic heterocycles. The van der Waals surface area contributed by atoms with Gasteiger partial charge >= 0.3 is 0 Å². The van der Waals surface area contributed by atoms with Gasteiger partial charge < -0.3 is 0 Å². The molecule has 4 rings (SSSR count). The van der Waals surface area contributed by atoms with Crippen LogP contribution >= 0.6 is 11.5 Å². The van der Waals surface area contributed by atoms with E-state index in [0.29, 0.717) is 0 Å². The molecule has 0 N–H and O–H groups in total. The van der Waals surface area contributed by atoms with Crippen LogP contribution in [-0.2, 0) is 19.5 Å². The molecule has 2 heterocycles. The molecule has 1 aliphatic rings. The summed E-state index contributed by atoms with van der Waals surface area (Å²) in [5.41, 5.74) is 6.43. The summed E-state index contributed by atoms with van der Waals surface area (Å²) in [4.78, 5) is 2.52. The number of fused-ring (bicyclic) bond motifs is 1. The summed E-state index contributed by atoms with van der Waals surface area (Å²) in [5.74, 6) is 0. The summed E-state index contributed by atoms with van der Waals surface area (Å²) in [5, 5.41) is 6.10. The zero-order valence-electron chi connectivity index (χ0n) is 12.3. The van der Waals surface area contributed by atoms with Crippen molar-refractivity contribution in [3.8, 4) is 11.3 Å². The van der Waals surface area contributed by atoms with E-state index in [9.17, 15) is 0 Å². The van der Waals surface area contributed by atoms with Gasteiger partial charge in [-0.05, 0) is 34.6 Å². The molecule has 0 fully saturated rings. The summed E-state index contributed by atoms with van der Waals surface area (Å²) < 4.78 is 3.92. The minimum absolute atomic E-state index is 0.962. The Hall–Kier alpha value is -2.04. The van der Waals surface area contributed by atoms with Crippen molar-refractivity contribution in [1.82, 2.24) is 14.5 Å². The quantitative estimate of drug-likeness (QED) is 0.737. The fraction of sp³-hybridized carbons (Fsp3) is 0.222. The van der Waals surface area contributed by atoms with E-state index in [1.807, 2.05) is 5.38 Å². The Labute approximate surface area is 134 Å². The standard InChI is InChI=1S/C18H17N3S/c1-2-4-17-12-21(10-9-15(17)3-1)11-14-5-7-16(8-6-14)18-13-22-20-19-18/h1-8,13H,9-12H2. The Morgan fingerprint density at radius 3 is 2.59 bits per heavy atom. The lowest BCUT2D eigenvalue weighted by atomic mass is 9.99. The second-order valence-electron chi connectivity index (χ2n) is 5.72. The predicted octanol–water partition coefficient (Wildman–Crippen LogP) is 3.76. The Bertz CT molecular complexity index is 750. The molecule has 1 aromatic heterocycles. The average molecular weight is 307 g/mol. The fourth-order valence-corrected chi connectivity index (χ4v) is 3.48. The van der Waals surface area contributed by atoms with E-state index in [4.69, 9.17) is 0 Å². The van der Waals surface area contributed by atoms with Crippen LogP contribution in [0.25, 0.3) is 11.3 Å². The first-order valence-electron chi connectivity index (χ1n) is 7.54. The van der Waals surface area contributed by atoms with Crippen LogP contribution in [0.4, 0.5) is 0 Å². The Balaban J connectivity index is 1.46. The van der Waals surface area contributed by atoms with E-state index in [1.54, 1.807) is 0 Å². The molecule has 0 spiro atoms. The number of aromatic nitrogens is 2. The summed E-state index contributed by atoms with van der Waals surface area (Å²) in [6, 6.07) is 17.5. The van der Waals surface area contributed by atoms with Gasteiger partial charge in [0.25, 0.3) is 0 Å². The van der Waals surface area contributed by atoms with E-state index >= 15 is 0 Å². The third-order valence-electron chi connectivity index (χ3n) is 4.23. The molecule has 0 atom stereocenters. The topological polar surface area (TPSA) is 29.0 Å².